The maximum Gasteiger partial charge on any atom is 0.332 e. The van der Waals surface area contributed by atoms with Crippen LogP contribution in [0.1, 0.15) is 22.5 Å². The van der Waals surface area contributed by atoms with Crippen LogP contribution in [0, 0.1) is 6.92 Å². The molecule has 3 N–H and O–H groups in total. The summed E-state index contributed by atoms with van der Waals surface area (Å²) >= 11 is 0. The molecule has 0 spiro atoms. The Morgan fingerprint density at radius 3 is 2.86 bits per heavy atom. The molecular formula is C13H16N4O4. The average Bonchev–Trinajstić information content (AvgIpc) is 2.73. The van der Waals surface area contributed by atoms with Crippen molar-refractivity contribution in [1.29, 1.82) is 0 Å². The number of amides is 1. The van der Waals surface area contributed by atoms with Gasteiger partial charge in [-0.2, -0.15) is 5.10 Å². The van der Waals surface area contributed by atoms with Gasteiger partial charge < -0.3 is 15.5 Å². The Morgan fingerprint density at radius 1 is 1.48 bits per heavy atom. The summed E-state index contributed by atoms with van der Waals surface area (Å²) in [5.74, 6) is -1.68. The van der Waals surface area contributed by atoms with E-state index >= 15 is 0 Å². The zero-order valence-electron chi connectivity index (χ0n) is 11.7. The number of aliphatic carboxylic acids is 1. The van der Waals surface area contributed by atoms with Gasteiger partial charge in [-0.3, -0.25) is 9.48 Å². The molecule has 0 aliphatic carbocycles. The first-order chi connectivity index (χ1) is 9.90. The molecule has 2 aromatic heterocycles. The van der Waals surface area contributed by atoms with Crippen LogP contribution in [0.2, 0.25) is 0 Å². The van der Waals surface area contributed by atoms with Gasteiger partial charge in [-0.05, 0) is 13.0 Å². The van der Waals surface area contributed by atoms with Crippen LogP contribution in [0.15, 0.2) is 12.3 Å². The van der Waals surface area contributed by atoms with Crippen LogP contribution in [0.3, 0.4) is 0 Å². The van der Waals surface area contributed by atoms with E-state index in [0.717, 1.165) is 11.1 Å². The highest BCUT2D eigenvalue weighted by atomic mass is 16.4. The second-order valence-corrected chi connectivity index (χ2v) is 4.70. The van der Waals surface area contributed by atoms with Crippen molar-refractivity contribution >= 4 is 22.9 Å². The number of pyridine rings is 1. The summed E-state index contributed by atoms with van der Waals surface area (Å²) < 4.78 is 1.63. The molecule has 1 amide bonds. The second-order valence-electron chi connectivity index (χ2n) is 4.70. The minimum Gasteiger partial charge on any atom is -0.479 e. The number of hydrogen-bond donors (Lipinski definition) is 3. The van der Waals surface area contributed by atoms with Gasteiger partial charge in [-0.15, -0.1) is 0 Å². The molecule has 0 saturated carbocycles. The van der Waals surface area contributed by atoms with Gasteiger partial charge in [0.2, 0.25) is 0 Å². The van der Waals surface area contributed by atoms with Gasteiger partial charge in [0, 0.05) is 31.6 Å². The van der Waals surface area contributed by atoms with Gasteiger partial charge in [0.25, 0.3) is 5.91 Å². The maximum atomic E-state index is 12.0. The molecule has 0 fully saturated rings. The molecule has 2 rings (SSSR count). The van der Waals surface area contributed by atoms with Crippen molar-refractivity contribution in [2.24, 2.45) is 7.05 Å². The number of aliphatic hydroxyl groups is 1. The number of aryl methyl sites for hydroxylation is 2. The topological polar surface area (TPSA) is 117 Å². The SMILES string of the molecule is Cc1nn(C)c2ncc(C(=O)NCC[C@H](O)C(=O)O)cc12. The molecule has 0 aromatic carbocycles. The summed E-state index contributed by atoms with van der Waals surface area (Å²) in [4.78, 5) is 26.6. The monoisotopic (exact) mass is 292 g/mol. The van der Waals surface area contributed by atoms with Gasteiger partial charge in [0.15, 0.2) is 11.8 Å². The van der Waals surface area contributed by atoms with E-state index in [0.29, 0.717) is 11.2 Å². The number of carbonyl (C=O) groups is 2. The number of carboxylic acid groups (broad SMARTS) is 1. The Balaban J connectivity index is 2.06. The lowest BCUT2D eigenvalue weighted by atomic mass is 10.2. The molecule has 0 bridgehead atoms. The zero-order valence-corrected chi connectivity index (χ0v) is 11.7. The van der Waals surface area contributed by atoms with Crippen molar-refractivity contribution in [3.8, 4) is 0 Å². The number of rotatable bonds is 5. The highest BCUT2D eigenvalue weighted by molar-refractivity contribution is 5.97. The molecule has 21 heavy (non-hydrogen) atoms. The lowest BCUT2D eigenvalue weighted by Gasteiger charge is -2.07. The quantitative estimate of drug-likeness (QED) is 0.705. The molecule has 1 atom stereocenters. The van der Waals surface area contributed by atoms with Crippen LogP contribution >= 0.6 is 0 Å². The third-order valence-electron chi connectivity index (χ3n) is 3.11. The summed E-state index contributed by atoms with van der Waals surface area (Å²) in [6, 6.07) is 1.69. The molecule has 0 aliphatic heterocycles. The number of aromatic nitrogens is 3. The predicted molar refractivity (Wildman–Crippen MR) is 73.8 cm³/mol. The molecule has 2 heterocycles. The first-order valence-electron chi connectivity index (χ1n) is 6.38. The first kappa shape index (κ1) is 14.9. The average molecular weight is 292 g/mol. The van der Waals surface area contributed by atoms with E-state index in [9.17, 15) is 9.59 Å². The molecule has 0 saturated heterocycles. The van der Waals surface area contributed by atoms with E-state index in [-0.39, 0.29) is 18.9 Å². The summed E-state index contributed by atoms with van der Waals surface area (Å²) in [6.45, 7) is 1.89. The Bertz CT molecular complexity index is 695. The van der Waals surface area contributed by atoms with Crippen molar-refractivity contribution in [3.05, 3.63) is 23.5 Å². The van der Waals surface area contributed by atoms with Gasteiger partial charge in [0.05, 0.1) is 11.3 Å². The van der Waals surface area contributed by atoms with Gasteiger partial charge >= 0.3 is 5.97 Å². The zero-order chi connectivity index (χ0) is 15.6. The van der Waals surface area contributed by atoms with Crippen molar-refractivity contribution < 1.29 is 19.8 Å². The lowest BCUT2D eigenvalue weighted by Crippen LogP contribution is -2.30. The smallest absolute Gasteiger partial charge is 0.332 e. The fraction of sp³-hybridized carbons (Fsp3) is 0.385. The van der Waals surface area contributed by atoms with Crippen LogP contribution in [0.4, 0.5) is 0 Å². The van der Waals surface area contributed by atoms with E-state index in [1.165, 1.54) is 6.20 Å². The van der Waals surface area contributed by atoms with Crippen LogP contribution in [-0.4, -0.2) is 49.5 Å². The minimum absolute atomic E-state index is 0.0529. The first-order valence-corrected chi connectivity index (χ1v) is 6.38. The summed E-state index contributed by atoms with van der Waals surface area (Å²) in [5, 5.41) is 25.2. The third-order valence-corrected chi connectivity index (χ3v) is 3.11. The predicted octanol–water partition coefficient (Wildman–Crippen LogP) is -0.158. The fourth-order valence-corrected chi connectivity index (χ4v) is 1.98. The van der Waals surface area contributed by atoms with Crippen molar-refractivity contribution in [3.63, 3.8) is 0 Å². The normalized spacial score (nSPS) is 12.3. The number of nitrogens with one attached hydrogen (secondary N) is 1. The Kier molecular flexibility index (Phi) is 4.18. The molecular weight excluding hydrogens is 276 g/mol. The number of carboxylic acids is 1. The maximum absolute atomic E-state index is 12.0. The van der Waals surface area contributed by atoms with Crippen LogP contribution in [0.5, 0.6) is 0 Å². The highest BCUT2D eigenvalue weighted by Crippen LogP contribution is 2.16. The molecule has 8 nitrogen and oxygen atoms in total. The standard InChI is InChI=1S/C13H16N4O4/c1-7-9-5-8(6-15-11(9)17(2)16-7)12(19)14-4-3-10(18)13(20)21/h5-6,10,18H,3-4H2,1-2H3,(H,14,19)(H,20,21)/t10-/m0/s1. The minimum atomic E-state index is -1.48. The Morgan fingerprint density at radius 2 is 2.19 bits per heavy atom. The van der Waals surface area contributed by atoms with E-state index < -0.39 is 12.1 Å². The molecule has 8 heteroatoms. The number of aliphatic hydroxyl groups excluding tert-OH is 1. The lowest BCUT2D eigenvalue weighted by molar-refractivity contribution is -0.146. The van der Waals surface area contributed by atoms with Crippen molar-refractivity contribution in [1.82, 2.24) is 20.1 Å². The fourth-order valence-electron chi connectivity index (χ4n) is 1.98. The van der Waals surface area contributed by atoms with Gasteiger partial charge in [-0.25, -0.2) is 9.78 Å². The van der Waals surface area contributed by atoms with Crippen LogP contribution < -0.4 is 5.32 Å². The third kappa shape index (κ3) is 3.16. The van der Waals surface area contributed by atoms with Crippen molar-refractivity contribution in [2.45, 2.75) is 19.4 Å². The number of nitrogens with zero attached hydrogens (tertiary/aromatic N) is 3. The summed E-state index contributed by atoms with van der Waals surface area (Å²) in [6.07, 6.45) is -0.0961. The Hall–Kier alpha value is -2.48. The highest BCUT2D eigenvalue weighted by Gasteiger charge is 2.14. The van der Waals surface area contributed by atoms with Crippen LogP contribution in [-0.2, 0) is 11.8 Å². The largest absolute Gasteiger partial charge is 0.479 e. The summed E-state index contributed by atoms with van der Waals surface area (Å²) in [5.41, 5.74) is 1.82. The van der Waals surface area contributed by atoms with Crippen LogP contribution in [0.25, 0.3) is 11.0 Å². The number of carbonyl (C=O) groups excluding carboxylic acids is 1. The number of hydrogen-bond acceptors (Lipinski definition) is 5. The molecule has 2 aromatic rings. The van der Waals surface area contributed by atoms with E-state index in [1.807, 2.05) is 6.92 Å². The molecule has 112 valence electrons. The molecule has 0 unspecified atom stereocenters. The van der Waals surface area contributed by atoms with E-state index in [2.05, 4.69) is 15.4 Å². The van der Waals surface area contributed by atoms with Gasteiger partial charge in [-0.1, -0.05) is 0 Å². The molecule has 0 aliphatic rings. The summed E-state index contributed by atoms with van der Waals surface area (Å²) in [7, 11) is 1.77. The Labute approximate surface area is 120 Å². The van der Waals surface area contributed by atoms with E-state index in [1.54, 1.807) is 17.8 Å². The van der Waals surface area contributed by atoms with Gasteiger partial charge in [0.1, 0.15) is 0 Å². The molecule has 0 radical (unpaired) electrons. The number of fused-ring (bicyclic) bond motifs is 1. The second kappa shape index (κ2) is 5.88. The van der Waals surface area contributed by atoms with Crippen molar-refractivity contribution in [2.75, 3.05) is 6.54 Å². The van der Waals surface area contributed by atoms with E-state index in [4.69, 9.17) is 10.2 Å².